The highest BCUT2D eigenvalue weighted by molar-refractivity contribution is 7.92. The van der Waals surface area contributed by atoms with Crippen LogP contribution in [0.25, 0.3) is 0 Å². The van der Waals surface area contributed by atoms with Crippen LogP contribution in [0.2, 0.25) is 5.02 Å². The van der Waals surface area contributed by atoms with Crippen molar-refractivity contribution < 1.29 is 22.5 Å². The van der Waals surface area contributed by atoms with Gasteiger partial charge in [-0.1, -0.05) is 28.9 Å². The van der Waals surface area contributed by atoms with Gasteiger partial charge >= 0.3 is 5.97 Å². The second kappa shape index (κ2) is 8.26. The lowest BCUT2D eigenvalue weighted by molar-refractivity contribution is 0.0470. The van der Waals surface area contributed by atoms with E-state index in [1.165, 1.54) is 31.3 Å². The number of halogens is 1. The van der Waals surface area contributed by atoms with Crippen LogP contribution in [-0.4, -0.2) is 26.6 Å². The minimum absolute atomic E-state index is 0.0145. The highest BCUT2D eigenvalue weighted by Gasteiger charge is 2.23. The zero-order chi connectivity index (χ0) is 21.2. The van der Waals surface area contributed by atoms with Crippen molar-refractivity contribution >= 4 is 33.3 Å². The van der Waals surface area contributed by atoms with Gasteiger partial charge in [-0.05, 0) is 50.2 Å². The van der Waals surface area contributed by atoms with Gasteiger partial charge < -0.3 is 9.26 Å². The van der Waals surface area contributed by atoms with Crippen LogP contribution in [0.1, 0.15) is 27.4 Å². The van der Waals surface area contributed by atoms with E-state index >= 15 is 0 Å². The summed E-state index contributed by atoms with van der Waals surface area (Å²) in [6, 6.07) is 12.2. The number of esters is 1. The number of benzene rings is 2. The maximum atomic E-state index is 13.0. The lowest BCUT2D eigenvalue weighted by Gasteiger charge is -2.20. The van der Waals surface area contributed by atoms with E-state index < -0.39 is 16.0 Å². The summed E-state index contributed by atoms with van der Waals surface area (Å²) in [5.41, 5.74) is 1.85. The molecule has 29 heavy (non-hydrogen) atoms. The number of aryl methyl sites for hydroxylation is 2. The molecule has 7 nitrogen and oxygen atoms in total. The first-order valence-corrected chi connectivity index (χ1v) is 10.5. The number of rotatable bonds is 6. The van der Waals surface area contributed by atoms with E-state index in [0.29, 0.717) is 27.7 Å². The Morgan fingerprint density at radius 1 is 1.17 bits per heavy atom. The fourth-order valence-electron chi connectivity index (χ4n) is 2.68. The van der Waals surface area contributed by atoms with Gasteiger partial charge in [0.05, 0.1) is 27.4 Å². The first kappa shape index (κ1) is 20.9. The lowest BCUT2D eigenvalue weighted by Crippen LogP contribution is -2.26. The maximum absolute atomic E-state index is 13.0. The molecule has 0 N–H and O–H groups in total. The van der Waals surface area contributed by atoms with Gasteiger partial charge in [0.1, 0.15) is 12.4 Å². The van der Waals surface area contributed by atoms with Gasteiger partial charge in [-0.25, -0.2) is 13.2 Å². The Morgan fingerprint density at radius 3 is 2.55 bits per heavy atom. The van der Waals surface area contributed by atoms with Crippen molar-refractivity contribution in [2.45, 2.75) is 25.3 Å². The van der Waals surface area contributed by atoms with Crippen LogP contribution in [0, 0.1) is 13.8 Å². The summed E-state index contributed by atoms with van der Waals surface area (Å²) in [5.74, 6) is -0.0813. The first-order chi connectivity index (χ1) is 13.7. The molecule has 0 spiro atoms. The summed E-state index contributed by atoms with van der Waals surface area (Å²) < 4.78 is 37.4. The fourth-order valence-corrected chi connectivity index (χ4v) is 4.10. The molecule has 1 aromatic heterocycles. The van der Waals surface area contributed by atoms with E-state index in [2.05, 4.69) is 5.16 Å². The van der Waals surface area contributed by atoms with Crippen molar-refractivity contribution in [3.63, 3.8) is 0 Å². The predicted molar refractivity (Wildman–Crippen MR) is 109 cm³/mol. The molecule has 3 rings (SSSR count). The quantitative estimate of drug-likeness (QED) is 0.542. The fraction of sp³-hybridized carbons (Fsp3) is 0.200. The van der Waals surface area contributed by atoms with Crippen molar-refractivity contribution in [1.29, 1.82) is 0 Å². The molecule has 3 aromatic rings. The van der Waals surface area contributed by atoms with Crippen molar-refractivity contribution in [2.75, 3.05) is 11.4 Å². The van der Waals surface area contributed by atoms with E-state index in [-0.39, 0.29) is 17.1 Å². The van der Waals surface area contributed by atoms with Crippen LogP contribution in [0.15, 0.2) is 57.9 Å². The molecule has 1 heterocycles. The number of ether oxygens (including phenoxy) is 1. The van der Waals surface area contributed by atoms with Crippen molar-refractivity contribution in [1.82, 2.24) is 5.16 Å². The molecule has 0 aliphatic heterocycles. The maximum Gasteiger partial charge on any atom is 0.338 e. The van der Waals surface area contributed by atoms with Gasteiger partial charge in [0.2, 0.25) is 0 Å². The first-order valence-electron chi connectivity index (χ1n) is 8.63. The van der Waals surface area contributed by atoms with E-state index in [0.717, 1.165) is 4.31 Å². The topological polar surface area (TPSA) is 89.7 Å². The van der Waals surface area contributed by atoms with Crippen molar-refractivity contribution in [3.05, 3.63) is 76.1 Å². The van der Waals surface area contributed by atoms with Crippen LogP contribution in [0.3, 0.4) is 0 Å². The molecular formula is C20H19ClN2O5S. The smallest absolute Gasteiger partial charge is 0.338 e. The summed E-state index contributed by atoms with van der Waals surface area (Å²) in [4.78, 5) is 12.4. The molecule has 0 unspecified atom stereocenters. The summed E-state index contributed by atoms with van der Waals surface area (Å²) in [6.07, 6.45) is 0. The third-order valence-electron chi connectivity index (χ3n) is 4.43. The molecule has 0 saturated carbocycles. The van der Waals surface area contributed by atoms with Crippen molar-refractivity contribution in [3.8, 4) is 0 Å². The molecule has 0 aliphatic carbocycles. The number of hydrogen-bond acceptors (Lipinski definition) is 6. The molecule has 0 bridgehead atoms. The van der Waals surface area contributed by atoms with E-state index in [9.17, 15) is 13.2 Å². The third-order valence-corrected chi connectivity index (χ3v) is 6.45. The zero-order valence-corrected chi connectivity index (χ0v) is 17.6. The average molecular weight is 435 g/mol. The molecule has 0 amide bonds. The molecule has 0 saturated heterocycles. The summed E-state index contributed by atoms with van der Waals surface area (Å²) >= 11 is 5.96. The molecule has 152 valence electrons. The number of aromatic nitrogens is 1. The highest BCUT2D eigenvalue weighted by Crippen LogP contribution is 2.25. The normalized spacial score (nSPS) is 11.3. The number of carbonyl (C=O) groups is 1. The van der Waals surface area contributed by atoms with Gasteiger partial charge in [0.15, 0.2) is 0 Å². The van der Waals surface area contributed by atoms with E-state index in [1.807, 2.05) is 0 Å². The second-order valence-electron chi connectivity index (χ2n) is 6.36. The molecular weight excluding hydrogens is 416 g/mol. The van der Waals surface area contributed by atoms with Gasteiger partial charge in [0, 0.05) is 12.1 Å². The largest absolute Gasteiger partial charge is 0.457 e. The molecule has 0 fully saturated rings. The average Bonchev–Trinajstić information content (AvgIpc) is 3.03. The van der Waals surface area contributed by atoms with Gasteiger partial charge in [-0.15, -0.1) is 0 Å². The third kappa shape index (κ3) is 4.44. The molecule has 0 atom stereocenters. The zero-order valence-electron chi connectivity index (χ0n) is 16.0. The molecule has 9 heteroatoms. The van der Waals surface area contributed by atoms with Gasteiger partial charge in [-0.2, -0.15) is 0 Å². The van der Waals surface area contributed by atoms with Crippen molar-refractivity contribution in [2.24, 2.45) is 0 Å². The Hall–Kier alpha value is -2.84. The highest BCUT2D eigenvalue weighted by atomic mass is 35.5. The lowest BCUT2D eigenvalue weighted by atomic mass is 10.2. The monoisotopic (exact) mass is 434 g/mol. The molecule has 2 aromatic carbocycles. The Bertz CT molecular complexity index is 1140. The Morgan fingerprint density at radius 2 is 1.90 bits per heavy atom. The van der Waals surface area contributed by atoms with E-state index in [1.54, 1.807) is 38.1 Å². The van der Waals surface area contributed by atoms with Crippen LogP contribution < -0.4 is 4.31 Å². The Labute approximate surface area is 173 Å². The summed E-state index contributed by atoms with van der Waals surface area (Å²) in [7, 11) is -2.47. The SMILES string of the molecule is Cc1noc(C)c1COC(=O)c1cccc(S(=O)(=O)N(C)c2cccc(Cl)c2)c1. The Kier molecular flexibility index (Phi) is 5.95. The number of hydrogen-bond donors (Lipinski definition) is 0. The van der Waals surface area contributed by atoms with Crippen LogP contribution >= 0.6 is 11.6 Å². The number of anilines is 1. The minimum Gasteiger partial charge on any atom is -0.457 e. The second-order valence-corrected chi connectivity index (χ2v) is 8.76. The summed E-state index contributed by atoms with van der Waals surface area (Å²) in [6.45, 7) is 3.46. The minimum atomic E-state index is -3.89. The predicted octanol–water partition coefficient (Wildman–Crippen LogP) is 4.13. The van der Waals surface area contributed by atoms with Crippen LogP contribution in [-0.2, 0) is 21.4 Å². The molecule has 0 radical (unpaired) electrons. The van der Waals surface area contributed by atoms with Crippen LogP contribution in [0.4, 0.5) is 5.69 Å². The van der Waals surface area contributed by atoms with Crippen LogP contribution in [0.5, 0.6) is 0 Å². The van der Waals surface area contributed by atoms with Gasteiger partial charge in [0.25, 0.3) is 10.0 Å². The summed E-state index contributed by atoms with van der Waals surface area (Å²) in [5, 5.41) is 4.22. The van der Waals surface area contributed by atoms with Gasteiger partial charge in [-0.3, -0.25) is 4.31 Å². The number of sulfonamides is 1. The van der Waals surface area contributed by atoms with E-state index in [4.69, 9.17) is 20.9 Å². The standard InChI is InChI=1S/C20H19ClN2O5S/c1-13-19(14(2)28-22-13)12-27-20(24)15-6-4-9-18(10-15)29(25,26)23(3)17-8-5-7-16(21)11-17/h4-11H,12H2,1-3H3. The molecule has 0 aliphatic rings. The number of nitrogens with zero attached hydrogens (tertiary/aromatic N) is 2. The Balaban J connectivity index is 1.82. The number of carbonyl (C=O) groups excluding carboxylic acids is 1.